The van der Waals surface area contributed by atoms with E-state index in [1.54, 1.807) is 0 Å². The highest BCUT2D eigenvalue weighted by atomic mass is 16.5. The molecule has 0 unspecified atom stereocenters. The fourth-order valence-electron chi connectivity index (χ4n) is 3.75. The van der Waals surface area contributed by atoms with Crippen LogP contribution in [0.25, 0.3) is 22.3 Å². The van der Waals surface area contributed by atoms with Crippen LogP contribution in [-0.4, -0.2) is 13.1 Å². The number of carbonyl (C=O) groups excluding carboxylic acids is 1. The third-order valence-corrected chi connectivity index (χ3v) is 5.14. The van der Waals surface area contributed by atoms with Crippen LogP contribution in [0, 0.1) is 27.7 Å². The number of ether oxygens (including phenoxy) is 1. The topological polar surface area (TPSA) is 39.4 Å². The second kappa shape index (κ2) is 6.64. The minimum Gasteiger partial charge on any atom is -0.465 e. The van der Waals surface area contributed by atoms with E-state index in [1.807, 2.05) is 13.8 Å². The van der Waals surface area contributed by atoms with Crippen molar-refractivity contribution in [3.8, 4) is 22.3 Å². The van der Waals surface area contributed by atoms with Crippen LogP contribution < -0.4 is 0 Å². The Balaban J connectivity index is 2.36. The van der Waals surface area contributed by atoms with Gasteiger partial charge in [-0.2, -0.15) is 0 Å². The Morgan fingerprint density at radius 1 is 0.923 bits per heavy atom. The van der Waals surface area contributed by atoms with Gasteiger partial charge in [-0.15, -0.1) is 0 Å². The van der Waals surface area contributed by atoms with Crippen LogP contribution in [-0.2, 0) is 4.74 Å². The van der Waals surface area contributed by atoms with Gasteiger partial charge in [0.05, 0.1) is 7.11 Å². The number of carbonyl (C=O) groups is 1. The summed E-state index contributed by atoms with van der Waals surface area (Å²) in [7, 11) is 1.41. The van der Waals surface area contributed by atoms with Gasteiger partial charge in [0.1, 0.15) is 17.1 Å². The molecule has 0 aromatic carbocycles. The number of hydrogen-bond acceptors (Lipinski definition) is 3. The molecular formula is C23H26O3. The number of aryl methyl sites for hydroxylation is 4. The molecule has 0 radical (unpaired) electrons. The van der Waals surface area contributed by atoms with Crippen molar-refractivity contribution in [2.24, 2.45) is 0 Å². The lowest BCUT2D eigenvalue weighted by Gasteiger charge is -2.07. The van der Waals surface area contributed by atoms with Gasteiger partial charge in [-0.1, -0.05) is 38.1 Å². The van der Waals surface area contributed by atoms with E-state index >= 15 is 0 Å². The van der Waals surface area contributed by atoms with Gasteiger partial charge in [0.25, 0.3) is 0 Å². The molecule has 1 heterocycles. The van der Waals surface area contributed by atoms with Crippen LogP contribution in [0.4, 0.5) is 0 Å². The number of methoxy groups -OCH3 is 1. The Bertz CT molecular complexity index is 960. The molecule has 0 saturated heterocycles. The minimum atomic E-state index is -0.359. The van der Waals surface area contributed by atoms with E-state index in [-0.39, 0.29) is 5.97 Å². The molecule has 1 aromatic rings. The molecule has 3 rings (SSSR count). The summed E-state index contributed by atoms with van der Waals surface area (Å²) in [5.41, 5.74) is 8.48. The van der Waals surface area contributed by atoms with Crippen LogP contribution in [0.5, 0.6) is 0 Å². The van der Waals surface area contributed by atoms with Gasteiger partial charge in [-0.05, 0) is 67.0 Å². The molecule has 0 bridgehead atoms. The normalized spacial score (nSPS) is 11.4. The van der Waals surface area contributed by atoms with E-state index in [2.05, 4.69) is 52.0 Å². The van der Waals surface area contributed by atoms with Gasteiger partial charge in [-0.3, -0.25) is 0 Å². The summed E-state index contributed by atoms with van der Waals surface area (Å²) in [5, 5.41) is 0. The second-order valence-electron chi connectivity index (χ2n) is 7.30. The van der Waals surface area contributed by atoms with E-state index < -0.39 is 0 Å². The summed E-state index contributed by atoms with van der Waals surface area (Å²) >= 11 is 0. The zero-order chi connectivity index (χ0) is 19.2. The summed E-state index contributed by atoms with van der Waals surface area (Å²) in [6, 6.07) is 8.79. The summed E-state index contributed by atoms with van der Waals surface area (Å²) < 4.78 is 10.8. The smallest absolute Gasteiger partial charge is 0.342 e. The lowest BCUT2D eigenvalue weighted by Crippen LogP contribution is -2.03. The van der Waals surface area contributed by atoms with E-state index in [0.717, 1.165) is 16.9 Å². The monoisotopic (exact) mass is 350 g/mol. The van der Waals surface area contributed by atoms with E-state index in [9.17, 15) is 4.79 Å². The van der Waals surface area contributed by atoms with Crippen LogP contribution in [0.15, 0.2) is 28.7 Å². The highest BCUT2D eigenvalue weighted by Crippen LogP contribution is 2.45. The van der Waals surface area contributed by atoms with Crippen molar-refractivity contribution in [1.82, 2.24) is 0 Å². The fourth-order valence-corrected chi connectivity index (χ4v) is 3.75. The quantitative estimate of drug-likeness (QED) is 0.528. The van der Waals surface area contributed by atoms with Gasteiger partial charge in [0.15, 0.2) is 0 Å². The van der Waals surface area contributed by atoms with Gasteiger partial charge in [-0.25, -0.2) is 4.79 Å². The lowest BCUT2D eigenvalue weighted by molar-refractivity contribution is 0.0599. The van der Waals surface area contributed by atoms with Crippen LogP contribution in [0.1, 0.15) is 58.3 Å². The zero-order valence-corrected chi connectivity index (χ0v) is 16.6. The first-order valence-corrected chi connectivity index (χ1v) is 8.98. The molecule has 0 saturated carbocycles. The maximum Gasteiger partial charge on any atom is 0.342 e. The van der Waals surface area contributed by atoms with E-state index in [1.165, 1.54) is 34.9 Å². The third-order valence-electron chi connectivity index (χ3n) is 5.14. The molecule has 0 atom stereocenters. The Morgan fingerprint density at radius 2 is 1.62 bits per heavy atom. The first kappa shape index (κ1) is 18.2. The average molecular weight is 350 g/mol. The summed E-state index contributed by atoms with van der Waals surface area (Å²) in [5.74, 6) is 1.43. The van der Waals surface area contributed by atoms with Crippen molar-refractivity contribution in [3.05, 3.63) is 58.0 Å². The predicted octanol–water partition coefficient (Wildman–Crippen LogP) is 6.20. The molecule has 26 heavy (non-hydrogen) atoms. The van der Waals surface area contributed by atoms with Crippen LogP contribution >= 0.6 is 0 Å². The summed E-state index contributed by atoms with van der Waals surface area (Å²) in [6.07, 6.45) is 0. The van der Waals surface area contributed by atoms with E-state index in [0.29, 0.717) is 17.2 Å². The standard InChI is InChI=1S/C23H26O3/c1-12(2)17-9-8-13(3)20-18(11-17)14(4)10-19(20)21-15(5)26-16(6)22(21)23(24)25-7/h8-12H,1-7H3. The number of hydrogen-bond donors (Lipinski definition) is 0. The highest BCUT2D eigenvalue weighted by Gasteiger charge is 2.27. The first-order valence-electron chi connectivity index (χ1n) is 8.98. The molecule has 136 valence electrons. The van der Waals surface area contributed by atoms with Crippen molar-refractivity contribution in [1.29, 1.82) is 0 Å². The molecule has 0 fully saturated rings. The predicted molar refractivity (Wildman–Crippen MR) is 105 cm³/mol. The molecule has 0 N–H and O–H groups in total. The summed E-state index contributed by atoms with van der Waals surface area (Å²) in [4.78, 5) is 12.4. The van der Waals surface area contributed by atoms with Gasteiger partial charge < -0.3 is 9.15 Å². The molecule has 3 heteroatoms. The first-order chi connectivity index (χ1) is 12.3. The van der Waals surface area contributed by atoms with Crippen molar-refractivity contribution in [2.75, 3.05) is 7.11 Å². The third kappa shape index (κ3) is 2.82. The van der Waals surface area contributed by atoms with Crippen molar-refractivity contribution in [3.63, 3.8) is 0 Å². The molecule has 0 aliphatic heterocycles. The number of furan rings is 1. The Kier molecular flexibility index (Phi) is 4.66. The Hall–Kier alpha value is -2.55. The van der Waals surface area contributed by atoms with Crippen molar-refractivity contribution >= 4 is 5.97 Å². The molecular weight excluding hydrogens is 324 g/mol. The highest BCUT2D eigenvalue weighted by molar-refractivity contribution is 6.03. The largest absolute Gasteiger partial charge is 0.465 e. The van der Waals surface area contributed by atoms with Gasteiger partial charge in [0, 0.05) is 5.56 Å². The second-order valence-corrected chi connectivity index (χ2v) is 7.30. The molecule has 3 nitrogen and oxygen atoms in total. The molecule has 0 amide bonds. The number of rotatable bonds is 3. The Labute approximate surface area is 155 Å². The maximum atomic E-state index is 12.4. The molecule has 1 aromatic heterocycles. The molecule has 2 aliphatic rings. The maximum absolute atomic E-state index is 12.4. The van der Waals surface area contributed by atoms with Gasteiger partial charge in [0.2, 0.25) is 0 Å². The number of esters is 1. The lowest BCUT2D eigenvalue weighted by atomic mass is 9.95. The molecule has 0 spiro atoms. The van der Waals surface area contributed by atoms with Crippen molar-refractivity contribution in [2.45, 2.75) is 47.5 Å². The zero-order valence-electron chi connectivity index (χ0n) is 16.6. The molecule has 2 aliphatic carbocycles. The van der Waals surface area contributed by atoms with Gasteiger partial charge >= 0.3 is 5.97 Å². The SMILES string of the molecule is COC(=O)c1c(C)oc(C)c1-c1cc(C)c2cc(C(C)C)ccc(C)c1-2. The minimum absolute atomic E-state index is 0.359. The number of fused-ring (bicyclic) bond motifs is 1. The fraction of sp³-hybridized carbons (Fsp3) is 0.348. The van der Waals surface area contributed by atoms with Crippen LogP contribution in [0.2, 0.25) is 0 Å². The van der Waals surface area contributed by atoms with E-state index in [4.69, 9.17) is 9.15 Å². The average Bonchev–Trinajstić information content (AvgIpc) is 2.97. The van der Waals surface area contributed by atoms with Crippen LogP contribution in [0.3, 0.4) is 0 Å². The Morgan fingerprint density at radius 3 is 2.23 bits per heavy atom. The van der Waals surface area contributed by atoms with Crippen molar-refractivity contribution < 1.29 is 13.9 Å². The summed E-state index contributed by atoms with van der Waals surface area (Å²) in [6.45, 7) is 12.4.